The first-order valence-electron chi connectivity index (χ1n) is 7.25. The van der Waals surface area contributed by atoms with Gasteiger partial charge in [0.05, 0.1) is 12.8 Å². The van der Waals surface area contributed by atoms with Crippen LogP contribution in [0.2, 0.25) is 0 Å². The molecule has 0 saturated heterocycles. The summed E-state index contributed by atoms with van der Waals surface area (Å²) < 4.78 is 5.25. The molecule has 3 aromatic rings. The smallest absolute Gasteiger partial charge is 0.141 e. The van der Waals surface area contributed by atoms with Crippen molar-refractivity contribution in [1.82, 2.24) is 0 Å². The van der Waals surface area contributed by atoms with Gasteiger partial charge in [0.2, 0.25) is 0 Å². The third-order valence-corrected chi connectivity index (χ3v) is 4.42. The first-order chi connectivity index (χ1) is 10.3. The van der Waals surface area contributed by atoms with Crippen molar-refractivity contribution in [3.05, 3.63) is 59.7 Å². The molecule has 0 aromatic heterocycles. The molecule has 3 aromatic carbocycles. The fourth-order valence-electron chi connectivity index (χ4n) is 3.40. The first-order valence-corrected chi connectivity index (χ1v) is 7.25. The van der Waals surface area contributed by atoms with E-state index in [9.17, 15) is 0 Å². The molecule has 104 valence electrons. The molecule has 1 aliphatic rings. The fraction of sp³-hybridized carbons (Fsp3) is 0.158. The Kier molecular flexibility index (Phi) is 2.64. The molecule has 0 spiro atoms. The summed E-state index contributed by atoms with van der Waals surface area (Å²) in [7, 11) is 1.64. The van der Waals surface area contributed by atoms with Crippen LogP contribution in [0.4, 0.5) is 5.69 Å². The Hall–Kier alpha value is -2.48. The maximum Gasteiger partial charge on any atom is 0.141 e. The van der Waals surface area contributed by atoms with Gasteiger partial charge < -0.3 is 10.5 Å². The highest BCUT2D eigenvalue weighted by Gasteiger charge is 2.16. The van der Waals surface area contributed by atoms with Gasteiger partial charge in [-0.05, 0) is 58.0 Å². The lowest BCUT2D eigenvalue weighted by molar-refractivity contribution is 0.417. The third kappa shape index (κ3) is 1.79. The lowest BCUT2D eigenvalue weighted by Crippen LogP contribution is -1.93. The van der Waals surface area contributed by atoms with Crippen molar-refractivity contribution in [2.24, 2.45) is 0 Å². The number of aryl methyl sites for hydroxylation is 2. The van der Waals surface area contributed by atoms with E-state index in [1.54, 1.807) is 7.11 Å². The van der Waals surface area contributed by atoms with E-state index in [1.807, 2.05) is 12.1 Å². The van der Waals surface area contributed by atoms with Crippen LogP contribution >= 0.6 is 0 Å². The highest BCUT2D eigenvalue weighted by molar-refractivity contribution is 6.01. The molecule has 2 N–H and O–H groups in total. The summed E-state index contributed by atoms with van der Waals surface area (Å²) in [6.45, 7) is 0. The standard InChI is InChI=1S/C19H17NO/c1-21-18-10-8-14(11-17(18)20)15-9-7-13-6-5-12-3-2-4-16(15)19(12)13/h2-4,7-11H,5-6,20H2,1H3. The average molecular weight is 275 g/mol. The molecule has 4 rings (SSSR count). The van der Waals surface area contributed by atoms with E-state index in [1.165, 1.54) is 27.5 Å². The van der Waals surface area contributed by atoms with Crippen LogP contribution in [0.15, 0.2) is 48.5 Å². The van der Waals surface area contributed by atoms with E-state index in [4.69, 9.17) is 10.5 Å². The van der Waals surface area contributed by atoms with Gasteiger partial charge in [-0.2, -0.15) is 0 Å². The molecule has 2 nitrogen and oxygen atoms in total. The topological polar surface area (TPSA) is 35.2 Å². The van der Waals surface area contributed by atoms with E-state index < -0.39 is 0 Å². The van der Waals surface area contributed by atoms with Crippen LogP contribution in [0, 0.1) is 0 Å². The highest BCUT2D eigenvalue weighted by Crippen LogP contribution is 2.38. The second kappa shape index (κ2) is 4.52. The molecule has 0 aliphatic heterocycles. The van der Waals surface area contributed by atoms with Gasteiger partial charge in [0, 0.05) is 0 Å². The predicted molar refractivity (Wildman–Crippen MR) is 87.8 cm³/mol. The van der Waals surface area contributed by atoms with Crippen LogP contribution in [0.1, 0.15) is 11.1 Å². The lowest BCUT2D eigenvalue weighted by atomic mass is 9.95. The van der Waals surface area contributed by atoms with Gasteiger partial charge in [-0.25, -0.2) is 0 Å². The molecule has 0 saturated carbocycles. The number of benzene rings is 3. The van der Waals surface area contributed by atoms with E-state index in [-0.39, 0.29) is 0 Å². The molecule has 0 bridgehead atoms. The van der Waals surface area contributed by atoms with Crippen LogP contribution < -0.4 is 10.5 Å². The number of methoxy groups -OCH3 is 1. The number of nitrogen functional groups attached to an aromatic ring is 1. The Morgan fingerprint density at radius 2 is 1.76 bits per heavy atom. The zero-order valence-electron chi connectivity index (χ0n) is 12.0. The Morgan fingerprint density at radius 3 is 2.52 bits per heavy atom. The average Bonchev–Trinajstić information content (AvgIpc) is 2.93. The SMILES string of the molecule is COc1ccc(-c2ccc3c4c(cccc24)CC3)cc1N. The minimum Gasteiger partial charge on any atom is -0.495 e. The minimum absolute atomic E-state index is 0.679. The summed E-state index contributed by atoms with van der Waals surface area (Å²) in [4.78, 5) is 0. The van der Waals surface area contributed by atoms with Crippen LogP contribution in [0.5, 0.6) is 5.75 Å². The third-order valence-electron chi connectivity index (χ3n) is 4.42. The van der Waals surface area contributed by atoms with Crippen molar-refractivity contribution in [3.63, 3.8) is 0 Å². The van der Waals surface area contributed by atoms with Gasteiger partial charge >= 0.3 is 0 Å². The Labute approximate surface area is 124 Å². The molecule has 0 fully saturated rings. The van der Waals surface area contributed by atoms with Crippen molar-refractivity contribution < 1.29 is 4.74 Å². The summed E-state index contributed by atoms with van der Waals surface area (Å²) >= 11 is 0. The van der Waals surface area contributed by atoms with Gasteiger partial charge in [-0.15, -0.1) is 0 Å². The lowest BCUT2D eigenvalue weighted by Gasteiger charge is -2.11. The number of rotatable bonds is 2. The van der Waals surface area contributed by atoms with E-state index in [2.05, 4.69) is 36.4 Å². The van der Waals surface area contributed by atoms with Crippen molar-refractivity contribution in [3.8, 4) is 16.9 Å². The van der Waals surface area contributed by atoms with Crippen LogP contribution in [-0.2, 0) is 12.8 Å². The van der Waals surface area contributed by atoms with Gasteiger partial charge in [0.15, 0.2) is 0 Å². The van der Waals surface area contributed by atoms with Crippen molar-refractivity contribution >= 4 is 16.5 Å². The Balaban J connectivity index is 1.98. The second-order valence-corrected chi connectivity index (χ2v) is 5.57. The van der Waals surface area contributed by atoms with Gasteiger partial charge in [0.25, 0.3) is 0 Å². The fourth-order valence-corrected chi connectivity index (χ4v) is 3.40. The maximum atomic E-state index is 6.06. The van der Waals surface area contributed by atoms with Crippen LogP contribution in [0.3, 0.4) is 0 Å². The number of hydrogen-bond donors (Lipinski definition) is 1. The summed E-state index contributed by atoms with van der Waals surface area (Å²) in [6.07, 6.45) is 2.31. The van der Waals surface area contributed by atoms with Crippen molar-refractivity contribution in [2.45, 2.75) is 12.8 Å². The zero-order chi connectivity index (χ0) is 14.4. The molecular formula is C19H17NO. The van der Waals surface area contributed by atoms with Gasteiger partial charge in [-0.3, -0.25) is 0 Å². The monoisotopic (exact) mass is 275 g/mol. The zero-order valence-corrected chi connectivity index (χ0v) is 12.0. The number of ether oxygens (including phenoxy) is 1. The molecule has 21 heavy (non-hydrogen) atoms. The molecule has 2 heteroatoms. The number of hydrogen-bond acceptors (Lipinski definition) is 2. The molecule has 0 amide bonds. The summed E-state index contributed by atoms with van der Waals surface area (Å²) in [5, 5.41) is 2.76. The second-order valence-electron chi connectivity index (χ2n) is 5.57. The van der Waals surface area contributed by atoms with Crippen LogP contribution in [0.25, 0.3) is 21.9 Å². The van der Waals surface area contributed by atoms with Crippen LogP contribution in [-0.4, -0.2) is 7.11 Å². The highest BCUT2D eigenvalue weighted by atomic mass is 16.5. The van der Waals surface area contributed by atoms with Crippen molar-refractivity contribution in [2.75, 3.05) is 12.8 Å². The van der Waals surface area contributed by atoms with Crippen molar-refractivity contribution in [1.29, 1.82) is 0 Å². The molecule has 0 heterocycles. The predicted octanol–water partition coefficient (Wildman–Crippen LogP) is 4.20. The largest absolute Gasteiger partial charge is 0.495 e. The Bertz CT molecular complexity index is 841. The molecule has 1 aliphatic carbocycles. The molecule has 0 radical (unpaired) electrons. The molecule has 0 unspecified atom stereocenters. The maximum absolute atomic E-state index is 6.06. The van der Waals surface area contributed by atoms with E-state index in [0.717, 1.165) is 24.2 Å². The summed E-state index contributed by atoms with van der Waals surface area (Å²) in [6, 6.07) is 17.1. The first kappa shape index (κ1) is 12.3. The minimum atomic E-state index is 0.679. The normalized spacial score (nSPS) is 12.8. The van der Waals surface area contributed by atoms with E-state index >= 15 is 0 Å². The summed E-state index contributed by atoms with van der Waals surface area (Å²) in [5.74, 6) is 0.727. The van der Waals surface area contributed by atoms with E-state index in [0.29, 0.717) is 5.69 Å². The van der Waals surface area contributed by atoms with Gasteiger partial charge in [-0.1, -0.05) is 36.4 Å². The number of nitrogens with two attached hydrogens (primary N) is 1. The quantitative estimate of drug-likeness (QED) is 0.711. The summed E-state index contributed by atoms with van der Waals surface area (Å²) in [5.41, 5.74) is 12.1. The molecular weight excluding hydrogens is 258 g/mol. The number of anilines is 1. The van der Waals surface area contributed by atoms with Gasteiger partial charge in [0.1, 0.15) is 5.75 Å². The molecule has 0 atom stereocenters. The Morgan fingerprint density at radius 1 is 0.952 bits per heavy atom.